The number of esters is 1. The average Bonchev–Trinajstić information content (AvgIpc) is 2.73. The van der Waals surface area contributed by atoms with Gasteiger partial charge in [0.15, 0.2) is 0 Å². The Bertz CT molecular complexity index is 850. The van der Waals surface area contributed by atoms with E-state index in [2.05, 4.69) is 10.1 Å². The van der Waals surface area contributed by atoms with Gasteiger partial charge in [0.05, 0.1) is 18.6 Å². The van der Waals surface area contributed by atoms with Crippen LogP contribution in [0.4, 0.5) is 0 Å². The normalized spacial score (nSPS) is 15.3. The summed E-state index contributed by atoms with van der Waals surface area (Å²) in [7, 11) is -2.71. The molecular formula is C20H36N3O8P. The monoisotopic (exact) mass is 477 g/mol. The SMILES string of the molecule is CCCC(CCC)C(=O)OCCNP(=O)(O)OCC(CC(C)n1ccc(=O)[nH]c1=O)OC. The first-order valence-electron chi connectivity index (χ1n) is 10.9. The fourth-order valence-electron chi connectivity index (χ4n) is 3.26. The molecular weight excluding hydrogens is 441 g/mol. The maximum Gasteiger partial charge on any atom is 0.403 e. The van der Waals surface area contributed by atoms with Crippen LogP contribution in [-0.4, -0.2) is 53.4 Å². The number of carbonyl (C=O) groups excluding carboxylic acids is 1. The summed E-state index contributed by atoms with van der Waals surface area (Å²) in [6.07, 6.45) is 4.38. The minimum absolute atomic E-state index is 0.0364. The van der Waals surface area contributed by atoms with Crippen LogP contribution in [0.15, 0.2) is 21.9 Å². The number of hydrogen-bond donors (Lipinski definition) is 3. The van der Waals surface area contributed by atoms with Gasteiger partial charge in [-0.1, -0.05) is 26.7 Å². The molecule has 3 N–H and O–H groups in total. The topological polar surface area (TPSA) is 149 Å². The van der Waals surface area contributed by atoms with E-state index < -0.39 is 25.1 Å². The Morgan fingerprint density at radius 2 is 1.94 bits per heavy atom. The smallest absolute Gasteiger partial charge is 0.403 e. The van der Waals surface area contributed by atoms with Crippen molar-refractivity contribution in [3.05, 3.63) is 33.1 Å². The van der Waals surface area contributed by atoms with Crippen molar-refractivity contribution in [3.63, 3.8) is 0 Å². The van der Waals surface area contributed by atoms with E-state index in [1.165, 1.54) is 23.9 Å². The number of aromatic nitrogens is 2. The van der Waals surface area contributed by atoms with Crippen LogP contribution >= 0.6 is 7.75 Å². The summed E-state index contributed by atoms with van der Waals surface area (Å²) in [5.41, 5.74) is -1.04. The van der Waals surface area contributed by atoms with Crippen LogP contribution < -0.4 is 16.3 Å². The van der Waals surface area contributed by atoms with Gasteiger partial charge in [0.1, 0.15) is 6.61 Å². The van der Waals surface area contributed by atoms with E-state index in [1.807, 2.05) is 13.8 Å². The zero-order valence-corrected chi connectivity index (χ0v) is 20.1. The third-order valence-electron chi connectivity index (χ3n) is 4.96. The Balaban J connectivity index is 2.46. The first kappa shape index (κ1) is 28.3. The molecule has 1 rings (SSSR count). The number of aromatic amines is 1. The van der Waals surface area contributed by atoms with Gasteiger partial charge in [0.2, 0.25) is 0 Å². The number of hydrogen-bond acceptors (Lipinski definition) is 7. The van der Waals surface area contributed by atoms with Gasteiger partial charge in [-0.05, 0) is 26.2 Å². The van der Waals surface area contributed by atoms with Gasteiger partial charge in [-0.25, -0.2) is 14.4 Å². The molecule has 0 spiro atoms. The molecule has 0 aliphatic rings. The minimum atomic E-state index is -4.14. The van der Waals surface area contributed by atoms with E-state index in [9.17, 15) is 23.8 Å². The quantitative estimate of drug-likeness (QED) is 0.184. The highest BCUT2D eigenvalue weighted by molar-refractivity contribution is 7.50. The number of carbonyl (C=O) groups is 1. The Morgan fingerprint density at radius 3 is 2.50 bits per heavy atom. The molecule has 32 heavy (non-hydrogen) atoms. The highest BCUT2D eigenvalue weighted by Gasteiger charge is 2.24. The molecule has 3 atom stereocenters. The molecule has 11 nitrogen and oxygen atoms in total. The van der Waals surface area contributed by atoms with E-state index in [1.54, 1.807) is 6.92 Å². The standard InChI is InChI=1S/C20H36N3O8P/c1-5-7-16(8-6-2)19(25)30-12-10-21-32(27,28)31-14-17(29-4)13-15(3)23-11-9-18(24)22-20(23)26/h9,11,15-17H,5-8,10,12-14H2,1-4H3,(H2,21,27,28)(H,22,24,26). The van der Waals surface area contributed by atoms with E-state index in [0.717, 1.165) is 25.7 Å². The molecule has 184 valence electrons. The zero-order valence-electron chi connectivity index (χ0n) is 19.2. The van der Waals surface area contributed by atoms with Gasteiger partial charge in [0, 0.05) is 32.0 Å². The molecule has 1 heterocycles. The fraction of sp³-hybridized carbons (Fsp3) is 0.750. The first-order chi connectivity index (χ1) is 15.1. The fourth-order valence-corrected chi connectivity index (χ4v) is 4.10. The Labute approximate surface area is 188 Å². The summed E-state index contributed by atoms with van der Waals surface area (Å²) in [6.45, 7) is 5.48. The molecule has 0 bridgehead atoms. The van der Waals surface area contributed by atoms with Gasteiger partial charge < -0.3 is 14.4 Å². The second-order valence-corrected chi connectivity index (χ2v) is 9.24. The van der Waals surface area contributed by atoms with Crippen LogP contribution in [0.1, 0.15) is 58.9 Å². The van der Waals surface area contributed by atoms with Crippen LogP contribution in [0.5, 0.6) is 0 Å². The van der Waals surface area contributed by atoms with E-state index >= 15 is 0 Å². The van der Waals surface area contributed by atoms with E-state index in [0.29, 0.717) is 6.42 Å². The lowest BCUT2D eigenvalue weighted by Gasteiger charge is -2.22. The van der Waals surface area contributed by atoms with Gasteiger partial charge in [0.25, 0.3) is 5.56 Å². The van der Waals surface area contributed by atoms with Crippen molar-refractivity contribution in [1.29, 1.82) is 0 Å². The lowest BCUT2D eigenvalue weighted by atomic mass is 9.99. The predicted molar refractivity (Wildman–Crippen MR) is 119 cm³/mol. The zero-order chi connectivity index (χ0) is 24.1. The highest BCUT2D eigenvalue weighted by atomic mass is 31.2. The van der Waals surface area contributed by atoms with Crippen molar-refractivity contribution in [2.24, 2.45) is 5.92 Å². The van der Waals surface area contributed by atoms with Crippen molar-refractivity contribution >= 4 is 13.7 Å². The van der Waals surface area contributed by atoms with Gasteiger partial charge in [-0.2, -0.15) is 0 Å². The average molecular weight is 477 g/mol. The lowest BCUT2D eigenvalue weighted by Crippen LogP contribution is -2.33. The molecule has 0 radical (unpaired) electrons. The first-order valence-corrected chi connectivity index (χ1v) is 12.4. The highest BCUT2D eigenvalue weighted by Crippen LogP contribution is 2.37. The van der Waals surface area contributed by atoms with Gasteiger partial charge in [-0.3, -0.25) is 23.7 Å². The van der Waals surface area contributed by atoms with Crippen LogP contribution in [0, 0.1) is 5.92 Å². The number of H-pyrrole nitrogens is 1. The molecule has 3 unspecified atom stereocenters. The predicted octanol–water partition coefficient (Wildman–Crippen LogP) is 1.97. The largest absolute Gasteiger partial charge is 0.464 e. The van der Waals surface area contributed by atoms with Crippen molar-refractivity contribution < 1.29 is 28.3 Å². The van der Waals surface area contributed by atoms with E-state index in [4.69, 9.17) is 14.0 Å². The maximum atomic E-state index is 12.2. The molecule has 0 fully saturated rings. The van der Waals surface area contributed by atoms with Crippen LogP contribution in [0.2, 0.25) is 0 Å². The molecule has 0 amide bonds. The molecule has 1 aromatic heterocycles. The Kier molecular flexibility index (Phi) is 12.7. The van der Waals surface area contributed by atoms with Crippen molar-refractivity contribution in [2.75, 3.05) is 26.9 Å². The van der Waals surface area contributed by atoms with Crippen LogP contribution in [0.25, 0.3) is 0 Å². The number of nitrogens with zero attached hydrogens (tertiary/aromatic N) is 1. The number of ether oxygens (including phenoxy) is 2. The molecule has 1 aromatic rings. The van der Waals surface area contributed by atoms with Crippen LogP contribution in [0.3, 0.4) is 0 Å². The number of nitrogens with one attached hydrogen (secondary N) is 2. The molecule has 0 aliphatic carbocycles. The number of methoxy groups -OCH3 is 1. The molecule has 0 aromatic carbocycles. The summed E-state index contributed by atoms with van der Waals surface area (Å²) in [6, 6.07) is 0.888. The summed E-state index contributed by atoms with van der Waals surface area (Å²) in [5, 5.41) is 2.36. The summed E-state index contributed by atoms with van der Waals surface area (Å²) < 4.78 is 29.1. The summed E-state index contributed by atoms with van der Waals surface area (Å²) in [5.74, 6) is -0.447. The van der Waals surface area contributed by atoms with E-state index in [-0.39, 0.29) is 37.7 Å². The molecule has 12 heteroatoms. The second-order valence-electron chi connectivity index (χ2n) is 7.63. The van der Waals surface area contributed by atoms with Crippen molar-refractivity contribution in [1.82, 2.24) is 14.6 Å². The molecule has 0 saturated heterocycles. The summed E-state index contributed by atoms with van der Waals surface area (Å²) >= 11 is 0. The summed E-state index contributed by atoms with van der Waals surface area (Å²) in [4.78, 5) is 47.3. The Morgan fingerprint density at radius 1 is 1.28 bits per heavy atom. The number of rotatable bonds is 16. The third-order valence-corrected chi connectivity index (χ3v) is 6.09. The van der Waals surface area contributed by atoms with Gasteiger partial charge in [-0.15, -0.1) is 0 Å². The second kappa shape index (κ2) is 14.4. The van der Waals surface area contributed by atoms with Crippen molar-refractivity contribution in [3.8, 4) is 0 Å². The third kappa shape index (κ3) is 10.2. The van der Waals surface area contributed by atoms with Crippen LogP contribution in [-0.2, 0) is 23.4 Å². The van der Waals surface area contributed by atoms with Gasteiger partial charge >= 0.3 is 19.4 Å². The maximum absolute atomic E-state index is 12.2. The molecule has 0 saturated carbocycles. The van der Waals surface area contributed by atoms with Crippen molar-refractivity contribution in [2.45, 2.75) is 65.0 Å². The molecule has 0 aliphatic heterocycles. The minimum Gasteiger partial charge on any atom is -0.464 e. The Hall–Kier alpha value is -1.78. The lowest BCUT2D eigenvalue weighted by molar-refractivity contribution is -0.148.